The summed E-state index contributed by atoms with van der Waals surface area (Å²) in [5, 5.41) is 9.14. The fourth-order valence-electron chi connectivity index (χ4n) is 1.41. The van der Waals surface area contributed by atoms with Gasteiger partial charge in [0, 0.05) is 18.0 Å². The summed E-state index contributed by atoms with van der Waals surface area (Å²) in [6, 6.07) is 9.84. The first-order valence-corrected chi connectivity index (χ1v) is 5.03. The van der Waals surface area contributed by atoms with Gasteiger partial charge in [0.25, 0.3) is 5.56 Å². The van der Waals surface area contributed by atoms with Crippen LogP contribution in [0, 0.1) is 6.92 Å². The summed E-state index contributed by atoms with van der Waals surface area (Å²) in [6.45, 7) is 1.93. The van der Waals surface area contributed by atoms with Crippen molar-refractivity contribution in [2.45, 2.75) is 6.92 Å². The van der Waals surface area contributed by atoms with E-state index in [1.807, 2.05) is 6.92 Å². The lowest BCUT2D eigenvalue weighted by Crippen LogP contribution is -2.16. The monoisotopic (exact) mass is 235 g/mol. The van der Waals surface area contributed by atoms with Gasteiger partial charge >= 0.3 is 0 Å². The van der Waals surface area contributed by atoms with Crippen LogP contribution < -0.4 is 5.56 Å². The van der Waals surface area contributed by atoms with Crippen LogP contribution in [0.15, 0.2) is 47.4 Å². The normalized spacial score (nSPS) is 9.35. The van der Waals surface area contributed by atoms with Crippen LogP contribution in [-0.2, 0) is 0 Å². The van der Waals surface area contributed by atoms with Crippen LogP contribution in [0.5, 0.6) is 5.75 Å². The van der Waals surface area contributed by atoms with Gasteiger partial charge in [-0.15, -0.1) is 0 Å². The zero-order valence-electron chi connectivity index (χ0n) is 9.72. The molecule has 1 aromatic carbocycles. The zero-order valence-corrected chi connectivity index (χ0v) is 9.72. The van der Waals surface area contributed by atoms with E-state index in [0.717, 1.165) is 11.3 Å². The van der Waals surface area contributed by atoms with Gasteiger partial charge in [-0.25, -0.2) is 0 Å². The third-order valence-electron chi connectivity index (χ3n) is 2.19. The Hall–Kier alpha value is -2.10. The summed E-state index contributed by atoms with van der Waals surface area (Å²) in [4.78, 5) is 11.6. The molecule has 0 fully saturated rings. The highest BCUT2D eigenvalue weighted by molar-refractivity contribution is 5.37. The maximum atomic E-state index is 11.6. The van der Waals surface area contributed by atoms with E-state index in [1.54, 1.807) is 41.1 Å². The first-order valence-electron chi connectivity index (χ1n) is 5.03. The van der Waals surface area contributed by atoms with Crippen molar-refractivity contribution >= 4 is 0 Å². The molecule has 0 unspecified atom stereocenters. The number of aromatic hydroxyl groups is 1. The Balaban J connectivity index is 0.000000686. The van der Waals surface area contributed by atoms with E-state index in [1.165, 1.54) is 6.07 Å². The largest absolute Gasteiger partial charge is 0.508 e. The van der Waals surface area contributed by atoms with Crippen LogP contribution in [0.2, 0.25) is 0 Å². The van der Waals surface area contributed by atoms with Crippen LogP contribution in [-0.4, -0.2) is 16.9 Å². The van der Waals surface area contributed by atoms with E-state index < -0.39 is 0 Å². The van der Waals surface area contributed by atoms with Crippen molar-refractivity contribution in [3.63, 3.8) is 0 Å². The van der Waals surface area contributed by atoms with Crippen molar-refractivity contribution in [2.75, 3.05) is 7.18 Å². The second kappa shape index (κ2) is 5.84. The highest BCUT2D eigenvalue weighted by Crippen LogP contribution is 2.12. The van der Waals surface area contributed by atoms with Crippen molar-refractivity contribution in [1.82, 2.24) is 4.57 Å². The molecule has 0 aliphatic carbocycles. The number of rotatable bonds is 1. The van der Waals surface area contributed by atoms with Crippen molar-refractivity contribution in [2.24, 2.45) is 0 Å². The Labute approximate surface area is 98.8 Å². The summed E-state index contributed by atoms with van der Waals surface area (Å²) >= 11 is 0. The molecule has 0 saturated carbocycles. The molecule has 0 saturated heterocycles. The maximum absolute atomic E-state index is 11.6. The fourth-order valence-corrected chi connectivity index (χ4v) is 1.41. The molecule has 0 aliphatic heterocycles. The lowest BCUT2D eigenvalue weighted by Gasteiger charge is -2.05. The molecule has 1 heterocycles. The van der Waals surface area contributed by atoms with Crippen LogP contribution in [0.25, 0.3) is 5.69 Å². The van der Waals surface area contributed by atoms with Gasteiger partial charge in [-0.1, -0.05) is 6.07 Å². The van der Waals surface area contributed by atoms with E-state index in [-0.39, 0.29) is 11.3 Å². The number of aryl methyl sites for hydroxylation is 1. The van der Waals surface area contributed by atoms with E-state index in [2.05, 4.69) is 0 Å². The van der Waals surface area contributed by atoms with Gasteiger partial charge in [0.05, 0.1) is 7.18 Å². The molecule has 4 heteroatoms. The molecule has 0 amide bonds. The molecule has 0 spiro atoms. The van der Waals surface area contributed by atoms with Gasteiger partial charge in [0.15, 0.2) is 0 Å². The van der Waals surface area contributed by atoms with Gasteiger partial charge < -0.3 is 5.11 Å². The molecule has 1 N–H and O–H groups in total. The third-order valence-corrected chi connectivity index (χ3v) is 2.19. The van der Waals surface area contributed by atoms with E-state index in [0.29, 0.717) is 7.18 Å². The first kappa shape index (κ1) is 13.0. The van der Waals surface area contributed by atoms with Gasteiger partial charge in [-0.3, -0.25) is 13.8 Å². The molecular formula is C13H14FNO2. The summed E-state index contributed by atoms with van der Waals surface area (Å²) in [5.41, 5.74) is 1.69. The Morgan fingerprint density at radius 3 is 2.24 bits per heavy atom. The van der Waals surface area contributed by atoms with Crippen LogP contribution in [0.3, 0.4) is 0 Å². The zero-order chi connectivity index (χ0) is 12.8. The minimum Gasteiger partial charge on any atom is -0.508 e. The predicted molar refractivity (Wildman–Crippen MR) is 65.5 cm³/mol. The Morgan fingerprint density at radius 1 is 1.06 bits per heavy atom. The Morgan fingerprint density at radius 2 is 1.65 bits per heavy atom. The average molecular weight is 235 g/mol. The standard InChI is InChI=1S/C12H11NO2.CH3F/c1-9-2-7-12(15)13(8-9)10-3-5-11(14)6-4-10;1-2/h2-8,14H,1H3;1H3. The topological polar surface area (TPSA) is 42.2 Å². The minimum atomic E-state index is -0.0775. The quantitative estimate of drug-likeness (QED) is 0.824. The van der Waals surface area contributed by atoms with Crippen molar-refractivity contribution < 1.29 is 9.50 Å². The third kappa shape index (κ3) is 3.17. The van der Waals surface area contributed by atoms with Crippen LogP contribution in [0.4, 0.5) is 4.39 Å². The predicted octanol–water partition coefficient (Wildman–Crippen LogP) is 2.44. The minimum absolute atomic E-state index is 0.0775. The second-order valence-electron chi connectivity index (χ2n) is 3.43. The number of halogens is 1. The number of phenols is 1. The molecule has 0 bridgehead atoms. The highest BCUT2D eigenvalue weighted by Gasteiger charge is 1.99. The smallest absolute Gasteiger partial charge is 0.255 e. The number of hydrogen-bond donors (Lipinski definition) is 1. The van der Waals surface area contributed by atoms with Gasteiger partial charge in [0.1, 0.15) is 5.75 Å². The van der Waals surface area contributed by atoms with Crippen LogP contribution in [0.1, 0.15) is 5.56 Å². The van der Waals surface area contributed by atoms with Gasteiger partial charge in [-0.2, -0.15) is 0 Å². The SMILES string of the molecule is CF.Cc1ccc(=O)n(-c2ccc(O)cc2)c1. The van der Waals surface area contributed by atoms with Crippen molar-refractivity contribution in [1.29, 1.82) is 0 Å². The Kier molecular flexibility index (Phi) is 4.46. The molecule has 2 aromatic rings. The van der Waals surface area contributed by atoms with Crippen molar-refractivity contribution in [3.05, 3.63) is 58.5 Å². The van der Waals surface area contributed by atoms with Crippen molar-refractivity contribution in [3.8, 4) is 11.4 Å². The van der Waals surface area contributed by atoms with E-state index in [9.17, 15) is 9.18 Å². The average Bonchev–Trinajstić information content (AvgIpc) is 2.36. The molecule has 0 aliphatic rings. The summed E-state index contributed by atoms with van der Waals surface area (Å²) in [5.74, 6) is 0.194. The molecule has 1 aromatic heterocycles. The highest BCUT2D eigenvalue weighted by atomic mass is 19.1. The second-order valence-corrected chi connectivity index (χ2v) is 3.43. The Bertz CT molecular complexity index is 532. The number of pyridine rings is 1. The van der Waals surface area contributed by atoms with Crippen LogP contribution >= 0.6 is 0 Å². The lowest BCUT2D eigenvalue weighted by atomic mass is 10.2. The molecule has 0 atom stereocenters. The number of benzene rings is 1. The van der Waals surface area contributed by atoms with Gasteiger partial charge in [0.2, 0.25) is 0 Å². The molecule has 90 valence electrons. The van der Waals surface area contributed by atoms with E-state index >= 15 is 0 Å². The number of hydrogen-bond acceptors (Lipinski definition) is 2. The summed E-state index contributed by atoms with van der Waals surface area (Å²) < 4.78 is 11.1. The van der Waals surface area contributed by atoms with Gasteiger partial charge in [-0.05, 0) is 36.8 Å². The molecule has 2 rings (SSSR count). The number of alkyl halides is 1. The summed E-state index contributed by atoms with van der Waals surface area (Å²) in [7, 11) is 0.500. The number of nitrogens with zero attached hydrogens (tertiary/aromatic N) is 1. The molecular weight excluding hydrogens is 221 g/mol. The maximum Gasteiger partial charge on any atom is 0.255 e. The summed E-state index contributed by atoms with van der Waals surface area (Å²) in [6.07, 6.45) is 1.77. The lowest BCUT2D eigenvalue weighted by molar-refractivity contribution is 0.475. The first-order chi connectivity index (χ1) is 8.16. The molecule has 17 heavy (non-hydrogen) atoms. The van der Waals surface area contributed by atoms with E-state index in [4.69, 9.17) is 5.11 Å². The number of aromatic nitrogens is 1. The fraction of sp³-hybridized carbons (Fsp3) is 0.154. The molecule has 0 radical (unpaired) electrons. The number of phenolic OH excluding ortho intramolecular Hbond substituents is 1. The molecule has 3 nitrogen and oxygen atoms in total.